The molecular formula is C30H40F2N4O4. The molecule has 1 fully saturated rings. The van der Waals surface area contributed by atoms with Gasteiger partial charge in [0.15, 0.2) is 0 Å². The van der Waals surface area contributed by atoms with E-state index in [0.717, 1.165) is 30.2 Å². The van der Waals surface area contributed by atoms with E-state index in [9.17, 15) is 28.3 Å². The summed E-state index contributed by atoms with van der Waals surface area (Å²) in [5.41, 5.74) is 2.49. The predicted molar refractivity (Wildman–Crippen MR) is 148 cm³/mol. The third kappa shape index (κ3) is 8.56. The number of hydrogen-bond acceptors (Lipinski definition) is 5. The fourth-order valence-electron chi connectivity index (χ4n) is 5.03. The van der Waals surface area contributed by atoms with Gasteiger partial charge in [-0.1, -0.05) is 45.0 Å². The van der Waals surface area contributed by atoms with Crippen molar-refractivity contribution in [2.45, 2.75) is 71.2 Å². The number of hydrogen-bond donors (Lipinski definition) is 3. The highest BCUT2D eigenvalue weighted by atomic mass is 19.1. The van der Waals surface area contributed by atoms with Crippen molar-refractivity contribution in [2.75, 3.05) is 26.2 Å². The van der Waals surface area contributed by atoms with Crippen LogP contribution in [0.4, 0.5) is 8.78 Å². The Hall–Kier alpha value is -3.37. The molecule has 1 heterocycles. The molecule has 3 atom stereocenters. The van der Waals surface area contributed by atoms with Crippen LogP contribution in [-0.2, 0) is 33.8 Å². The molecule has 1 aliphatic heterocycles. The molecule has 0 aromatic heterocycles. The van der Waals surface area contributed by atoms with Crippen molar-refractivity contribution in [1.82, 2.24) is 20.4 Å². The Morgan fingerprint density at radius 3 is 2.38 bits per heavy atom. The largest absolute Gasteiger partial charge is 0.390 e. The summed E-state index contributed by atoms with van der Waals surface area (Å²) >= 11 is 0. The minimum Gasteiger partial charge on any atom is -0.390 e. The Morgan fingerprint density at radius 1 is 1.02 bits per heavy atom. The molecule has 2 aromatic rings. The molecule has 10 heteroatoms. The number of carbonyl (C=O) groups excluding carboxylic acids is 3. The summed E-state index contributed by atoms with van der Waals surface area (Å²) in [4.78, 5) is 41.2. The standard InChI is InChI=1S/C30H40F2N4O4/c1-4-10-36-25(6-3)18-35(29(39)30(36)40)19-28(38)34-26(14-22-12-23(31)15-24(32)13-22)27(37)17-33-16-21-9-7-8-20(5-2)11-21/h7-9,11-13,15,25-27,33,37H,4-6,10,14,16-19H2,1-3H3,(H,34,38)/t25-,26-,27-/m0/s1. The normalized spacial score (nSPS) is 17.2. The van der Waals surface area contributed by atoms with Crippen LogP contribution in [0.15, 0.2) is 42.5 Å². The summed E-state index contributed by atoms with van der Waals surface area (Å²) < 4.78 is 27.7. The van der Waals surface area contributed by atoms with Crippen molar-refractivity contribution >= 4 is 17.7 Å². The average Bonchev–Trinajstić information content (AvgIpc) is 2.92. The Kier molecular flexibility index (Phi) is 11.6. The Balaban J connectivity index is 1.69. The molecule has 2 aromatic carbocycles. The molecule has 8 nitrogen and oxygen atoms in total. The number of piperazine rings is 1. The summed E-state index contributed by atoms with van der Waals surface area (Å²) in [5, 5.41) is 16.9. The number of rotatable bonds is 14. The number of nitrogens with one attached hydrogen (secondary N) is 2. The fourth-order valence-corrected chi connectivity index (χ4v) is 5.03. The lowest BCUT2D eigenvalue weighted by molar-refractivity contribution is -0.160. The van der Waals surface area contributed by atoms with E-state index < -0.39 is 41.5 Å². The van der Waals surface area contributed by atoms with Crippen LogP contribution in [0.1, 0.15) is 50.3 Å². The summed E-state index contributed by atoms with van der Waals surface area (Å²) in [6.45, 7) is 6.84. The van der Waals surface area contributed by atoms with Gasteiger partial charge in [-0.15, -0.1) is 0 Å². The summed E-state index contributed by atoms with van der Waals surface area (Å²) in [7, 11) is 0. The highest BCUT2D eigenvalue weighted by Gasteiger charge is 2.38. The first-order valence-corrected chi connectivity index (χ1v) is 14.0. The van der Waals surface area contributed by atoms with E-state index in [1.807, 2.05) is 32.0 Å². The monoisotopic (exact) mass is 558 g/mol. The van der Waals surface area contributed by atoms with Crippen LogP contribution in [0.25, 0.3) is 0 Å². The molecule has 0 saturated carbocycles. The summed E-state index contributed by atoms with van der Waals surface area (Å²) in [5.74, 6) is -3.47. The lowest BCUT2D eigenvalue weighted by Gasteiger charge is -2.40. The fraction of sp³-hybridized carbons (Fsp3) is 0.500. The molecule has 0 spiro atoms. The highest BCUT2D eigenvalue weighted by Crippen LogP contribution is 2.16. The van der Waals surface area contributed by atoms with E-state index in [2.05, 4.69) is 23.6 Å². The molecule has 1 aliphatic rings. The molecular weight excluding hydrogens is 518 g/mol. The SMILES string of the molecule is CCCN1C(=O)C(=O)N(CC(=O)N[C@@H](Cc2cc(F)cc(F)c2)[C@@H](O)CNCc2cccc(CC)c2)C[C@@H]1CC. The molecule has 0 bridgehead atoms. The van der Waals surface area contributed by atoms with Gasteiger partial charge in [-0.3, -0.25) is 14.4 Å². The maximum atomic E-state index is 13.9. The average molecular weight is 559 g/mol. The van der Waals surface area contributed by atoms with Gasteiger partial charge in [0, 0.05) is 38.3 Å². The molecule has 0 radical (unpaired) electrons. The van der Waals surface area contributed by atoms with Gasteiger partial charge in [0.05, 0.1) is 12.1 Å². The first-order valence-electron chi connectivity index (χ1n) is 14.0. The van der Waals surface area contributed by atoms with Crippen LogP contribution in [0, 0.1) is 11.6 Å². The maximum Gasteiger partial charge on any atom is 0.312 e. The van der Waals surface area contributed by atoms with E-state index in [-0.39, 0.29) is 37.7 Å². The Bertz CT molecular complexity index is 1160. The van der Waals surface area contributed by atoms with Gasteiger partial charge in [0.25, 0.3) is 0 Å². The van der Waals surface area contributed by atoms with Gasteiger partial charge >= 0.3 is 11.8 Å². The smallest absolute Gasteiger partial charge is 0.312 e. The molecule has 218 valence electrons. The van der Waals surface area contributed by atoms with Crippen molar-refractivity contribution in [3.8, 4) is 0 Å². The highest BCUT2D eigenvalue weighted by molar-refractivity contribution is 6.35. The van der Waals surface area contributed by atoms with E-state index in [0.29, 0.717) is 25.9 Å². The van der Waals surface area contributed by atoms with Crippen molar-refractivity contribution in [3.05, 3.63) is 70.8 Å². The van der Waals surface area contributed by atoms with Gasteiger partial charge in [-0.25, -0.2) is 8.78 Å². The Morgan fingerprint density at radius 2 is 1.73 bits per heavy atom. The molecule has 1 saturated heterocycles. The molecule has 40 heavy (non-hydrogen) atoms. The summed E-state index contributed by atoms with van der Waals surface area (Å²) in [6, 6.07) is 10.00. The molecule has 3 rings (SSSR count). The number of aliphatic hydroxyl groups is 1. The zero-order valence-electron chi connectivity index (χ0n) is 23.5. The van der Waals surface area contributed by atoms with Crippen LogP contribution in [0.2, 0.25) is 0 Å². The maximum absolute atomic E-state index is 13.9. The van der Waals surface area contributed by atoms with Crippen LogP contribution < -0.4 is 10.6 Å². The topological polar surface area (TPSA) is 102 Å². The molecule has 0 unspecified atom stereocenters. The van der Waals surface area contributed by atoms with E-state index in [4.69, 9.17) is 0 Å². The lowest BCUT2D eigenvalue weighted by Crippen LogP contribution is -2.61. The van der Waals surface area contributed by atoms with Gasteiger partial charge in [-0.05, 0) is 54.5 Å². The number of nitrogens with zero attached hydrogens (tertiary/aromatic N) is 2. The van der Waals surface area contributed by atoms with Crippen molar-refractivity contribution in [3.63, 3.8) is 0 Å². The third-order valence-electron chi connectivity index (χ3n) is 7.14. The van der Waals surface area contributed by atoms with E-state index in [1.54, 1.807) is 4.90 Å². The summed E-state index contributed by atoms with van der Waals surface area (Å²) in [6.07, 6.45) is 1.11. The first kappa shape index (κ1) is 31.2. The second-order valence-electron chi connectivity index (χ2n) is 10.3. The number of carbonyl (C=O) groups is 3. The van der Waals surface area contributed by atoms with Crippen LogP contribution in [-0.4, -0.2) is 77.0 Å². The van der Waals surface area contributed by atoms with Gasteiger partial charge in [0.2, 0.25) is 5.91 Å². The Labute approximate surface area is 234 Å². The van der Waals surface area contributed by atoms with Gasteiger partial charge < -0.3 is 25.5 Å². The van der Waals surface area contributed by atoms with E-state index >= 15 is 0 Å². The van der Waals surface area contributed by atoms with Gasteiger partial charge in [0.1, 0.15) is 18.2 Å². The number of amides is 3. The minimum absolute atomic E-state index is 0.0384. The van der Waals surface area contributed by atoms with Crippen LogP contribution in [0.3, 0.4) is 0 Å². The van der Waals surface area contributed by atoms with Crippen LogP contribution in [0.5, 0.6) is 0 Å². The van der Waals surface area contributed by atoms with Crippen LogP contribution >= 0.6 is 0 Å². The minimum atomic E-state index is -1.10. The number of aliphatic hydroxyl groups excluding tert-OH is 1. The van der Waals surface area contributed by atoms with Crippen molar-refractivity contribution in [1.29, 1.82) is 0 Å². The number of halogens is 2. The second kappa shape index (κ2) is 14.9. The molecule has 3 N–H and O–H groups in total. The van der Waals surface area contributed by atoms with E-state index in [1.165, 1.54) is 10.5 Å². The first-order chi connectivity index (χ1) is 19.1. The number of aryl methyl sites for hydroxylation is 1. The predicted octanol–water partition coefficient (Wildman–Crippen LogP) is 2.56. The lowest BCUT2D eigenvalue weighted by atomic mass is 10.00. The molecule has 0 aliphatic carbocycles. The zero-order valence-corrected chi connectivity index (χ0v) is 23.5. The van der Waals surface area contributed by atoms with Crippen molar-refractivity contribution < 1.29 is 28.3 Å². The molecule has 3 amide bonds. The van der Waals surface area contributed by atoms with Gasteiger partial charge in [-0.2, -0.15) is 0 Å². The zero-order chi connectivity index (χ0) is 29.2. The third-order valence-corrected chi connectivity index (χ3v) is 7.14. The number of benzene rings is 2. The second-order valence-corrected chi connectivity index (χ2v) is 10.3. The quantitative estimate of drug-likeness (QED) is 0.310. The van der Waals surface area contributed by atoms with Crippen molar-refractivity contribution in [2.24, 2.45) is 0 Å².